The van der Waals surface area contributed by atoms with Crippen molar-refractivity contribution >= 4 is 51.3 Å². The van der Waals surface area contributed by atoms with Gasteiger partial charge in [-0.1, -0.05) is 41.4 Å². The van der Waals surface area contributed by atoms with E-state index >= 15 is 0 Å². The third-order valence-electron chi connectivity index (χ3n) is 6.74. The van der Waals surface area contributed by atoms with Crippen molar-refractivity contribution in [3.63, 3.8) is 0 Å². The molecule has 35 heavy (non-hydrogen) atoms. The zero-order chi connectivity index (χ0) is 24.2. The molecule has 1 fully saturated rings. The van der Waals surface area contributed by atoms with Gasteiger partial charge in [-0.15, -0.1) is 0 Å². The summed E-state index contributed by atoms with van der Waals surface area (Å²) in [6, 6.07) is 20.6. The number of aryl methyl sites for hydroxylation is 1. The van der Waals surface area contributed by atoms with E-state index in [2.05, 4.69) is 65.5 Å². The number of nitrogens with two attached hydrogens (primary N) is 1. The first-order valence-electron chi connectivity index (χ1n) is 11.7. The van der Waals surface area contributed by atoms with Crippen LogP contribution >= 0.6 is 11.6 Å². The molecule has 0 aliphatic carbocycles. The maximum atomic E-state index is 6.48. The highest BCUT2D eigenvalue weighted by molar-refractivity contribution is 6.31. The van der Waals surface area contributed by atoms with Crippen LogP contribution in [0.4, 0.5) is 28.8 Å². The Bertz CT molecular complexity index is 1440. The minimum Gasteiger partial charge on any atom is -0.377 e. The third-order valence-corrected chi connectivity index (χ3v) is 6.97. The number of hydrogen-bond acceptors (Lipinski definition) is 7. The van der Waals surface area contributed by atoms with Crippen molar-refractivity contribution in [2.24, 2.45) is 5.73 Å². The molecule has 0 bridgehead atoms. The predicted octanol–water partition coefficient (Wildman–Crippen LogP) is 5.15. The van der Waals surface area contributed by atoms with Crippen LogP contribution in [0.2, 0.25) is 5.02 Å². The van der Waals surface area contributed by atoms with Crippen LogP contribution in [0.25, 0.3) is 10.9 Å². The highest BCUT2D eigenvalue weighted by Gasteiger charge is 2.34. The van der Waals surface area contributed by atoms with Gasteiger partial charge < -0.3 is 25.6 Å². The van der Waals surface area contributed by atoms with Gasteiger partial charge >= 0.3 is 0 Å². The van der Waals surface area contributed by atoms with Crippen LogP contribution in [0.3, 0.4) is 0 Å². The zero-order valence-electron chi connectivity index (χ0n) is 19.8. The molecular formula is C27H27ClN6O. The van der Waals surface area contributed by atoms with Crippen LogP contribution in [0.5, 0.6) is 0 Å². The minimum absolute atomic E-state index is 0.383. The lowest BCUT2D eigenvalue weighted by Gasteiger charge is -2.38. The van der Waals surface area contributed by atoms with Crippen molar-refractivity contribution in [1.29, 1.82) is 0 Å². The predicted molar refractivity (Wildman–Crippen MR) is 142 cm³/mol. The summed E-state index contributed by atoms with van der Waals surface area (Å²) in [7, 11) is 2.08. The van der Waals surface area contributed by atoms with Crippen molar-refractivity contribution in [2.45, 2.75) is 19.0 Å². The van der Waals surface area contributed by atoms with Gasteiger partial charge in [-0.25, -0.2) is 4.98 Å². The number of fused-ring (bicyclic) bond motifs is 3. The highest BCUT2D eigenvalue weighted by Crippen LogP contribution is 2.43. The van der Waals surface area contributed by atoms with Gasteiger partial charge in [-0.05, 0) is 48.9 Å². The van der Waals surface area contributed by atoms with Gasteiger partial charge in [0.2, 0.25) is 5.95 Å². The van der Waals surface area contributed by atoms with E-state index in [0.717, 1.165) is 39.3 Å². The fourth-order valence-corrected chi connectivity index (χ4v) is 4.91. The molecule has 0 atom stereocenters. The van der Waals surface area contributed by atoms with E-state index < -0.39 is 0 Å². The van der Waals surface area contributed by atoms with E-state index in [0.29, 0.717) is 37.3 Å². The van der Waals surface area contributed by atoms with Crippen molar-refractivity contribution in [3.05, 3.63) is 76.8 Å². The third kappa shape index (κ3) is 3.95. The first kappa shape index (κ1) is 22.1. The molecule has 7 nitrogen and oxygen atoms in total. The Morgan fingerprint density at radius 3 is 2.66 bits per heavy atom. The molecule has 0 radical (unpaired) electrons. The molecule has 2 aliphatic rings. The SMILES string of the molecule is Cc1ccc2nc(N3Cc4ccccc4N(C)c4ccc(Cl)cc43)nc(NCC3(N)COC3)c2c1. The number of ether oxygens (including phenoxy) is 1. The molecule has 3 N–H and O–H groups in total. The van der Waals surface area contributed by atoms with Crippen LogP contribution < -0.4 is 20.9 Å². The molecule has 6 rings (SSSR count). The van der Waals surface area contributed by atoms with Crippen LogP contribution in [0.15, 0.2) is 60.7 Å². The zero-order valence-corrected chi connectivity index (χ0v) is 20.5. The summed E-state index contributed by atoms with van der Waals surface area (Å²) in [4.78, 5) is 14.4. The van der Waals surface area contributed by atoms with Crippen LogP contribution in [0.1, 0.15) is 11.1 Å². The van der Waals surface area contributed by atoms with E-state index in [9.17, 15) is 0 Å². The molecule has 0 unspecified atom stereocenters. The van der Waals surface area contributed by atoms with E-state index in [1.54, 1.807) is 0 Å². The standard InChI is InChI=1S/C27H27ClN6O/c1-17-7-9-21-20(11-17)25(30-14-27(29)15-35-16-27)32-26(31-21)34-13-18-5-3-4-6-22(18)33(2)23-10-8-19(28)12-24(23)34/h3-12H,13-16,29H2,1-2H3,(H,30,31,32). The Balaban J connectivity index is 1.51. The largest absolute Gasteiger partial charge is 0.377 e. The van der Waals surface area contributed by atoms with Crippen molar-refractivity contribution in [1.82, 2.24) is 9.97 Å². The Morgan fingerprint density at radius 2 is 1.86 bits per heavy atom. The second kappa shape index (κ2) is 8.37. The second-order valence-electron chi connectivity index (χ2n) is 9.51. The fourth-order valence-electron chi connectivity index (χ4n) is 4.74. The quantitative estimate of drug-likeness (QED) is 0.413. The van der Waals surface area contributed by atoms with Crippen LogP contribution in [-0.4, -0.2) is 42.3 Å². The smallest absolute Gasteiger partial charge is 0.232 e. The number of rotatable bonds is 4. The number of nitrogens with one attached hydrogen (secondary N) is 1. The molecule has 178 valence electrons. The molecular weight excluding hydrogens is 460 g/mol. The maximum absolute atomic E-state index is 6.48. The van der Waals surface area contributed by atoms with Crippen molar-refractivity contribution in [2.75, 3.05) is 41.9 Å². The van der Waals surface area contributed by atoms with E-state index in [4.69, 9.17) is 32.0 Å². The summed E-state index contributed by atoms with van der Waals surface area (Å²) >= 11 is 6.48. The van der Waals surface area contributed by atoms with E-state index in [1.807, 2.05) is 24.3 Å². The lowest BCUT2D eigenvalue weighted by molar-refractivity contribution is -0.0461. The number of aromatic nitrogens is 2. The highest BCUT2D eigenvalue weighted by atomic mass is 35.5. The van der Waals surface area contributed by atoms with Crippen molar-refractivity contribution in [3.8, 4) is 0 Å². The summed E-state index contributed by atoms with van der Waals surface area (Å²) in [5, 5.41) is 5.13. The van der Waals surface area contributed by atoms with Crippen LogP contribution in [0, 0.1) is 6.92 Å². The van der Waals surface area contributed by atoms with Gasteiger partial charge in [-0.3, -0.25) is 0 Å². The van der Waals surface area contributed by atoms with Gasteiger partial charge in [-0.2, -0.15) is 4.98 Å². The molecule has 0 amide bonds. The lowest BCUT2D eigenvalue weighted by atomic mass is 9.99. The van der Waals surface area contributed by atoms with E-state index in [1.165, 1.54) is 5.56 Å². The average molecular weight is 487 g/mol. The Hall–Kier alpha value is -3.39. The second-order valence-corrected chi connectivity index (χ2v) is 9.94. The summed E-state index contributed by atoms with van der Waals surface area (Å²) in [6.45, 7) is 4.33. The first-order chi connectivity index (χ1) is 16.9. The summed E-state index contributed by atoms with van der Waals surface area (Å²) < 4.78 is 5.34. The molecule has 8 heteroatoms. The molecule has 0 saturated carbocycles. The molecule has 4 aromatic rings. The maximum Gasteiger partial charge on any atom is 0.232 e. The van der Waals surface area contributed by atoms with Gasteiger partial charge in [0, 0.05) is 29.7 Å². The minimum atomic E-state index is -0.383. The lowest BCUT2D eigenvalue weighted by Crippen LogP contribution is -2.61. The Morgan fingerprint density at radius 1 is 1.03 bits per heavy atom. The topological polar surface area (TPSA) is 79.5 Å². The monoisotopic (exact) mass is 486 g/mol. The molecule has 2 aliphatic heterocycles. The molecule has 3 heterocycles. The number of para-hydroxylation sites is 1. The summed E-state index contributed by atoms with van der Waals surface area (Å²) in [6.07, 6.45) is 0. The number of benzene rings is 3. The number of halogens is 1. The normalized spacial score (nSPS) is 16.3. The first-order valence-corrected chi connectivity index (χ1v) is 12.1. The van der Waals surface area contributed by atoms with Gasteiger partial charge in [0.05, 0.1) is 42.2 Å². The molecule has 1 saturated heterocycles. The number of hydrogen-bond donors (Lipinski definition) is 2. The van der Waals surface area contributed by atoms with Crippen LogP contribution in [-0.2, 0) is 11.3 Å². The van der Waals surface area contributed by atoms with Crippen molar-refractivity contribution < 1.29 is 4.74 Å². The van der Waals surface area contributed by atoms with Gasteiger partial charge in [0.15, 0.2) is 0 Å². The summed E-state index contributed by atoms with van der Waals surface area (Å²) in [5.41, 5.74) is 12.4. The average Bonchev–Trinajstić information content (AvgIpc) is 2.96. The molecule has 1 aromatic heterocycles. The Labute approximate surface area is 209 Å². The van der Waals surface area contributed by atoms with Gasteiger partial charge in [0.25, 0.3) is 0 Å². The van der Waals surface area contributed by atoms with E-state index in [-0.39, 0.29) is 5.54 Å². The number of anilines is 5. The fraction of sp³-hybridized carbons (Fsp3) is 0.259. The number of nitrogens with zero attached hydrogens (tertiary/aromatic N) is 4. The summed E-state index contributed by atoms with van der Waals surface area (Å²) in [5.74, 6) is 1.37. The van der Waals surface area contributed by atoms with Gasteiger partial charge in [0.1, 0.15) is 5.82 Å². The molecule has 3 aromatic carbocycles. The molecule has 0 spiro atoms. The Kier molecular flexibility index (Phi) is 5.29.